The van der Waals surface area contributed by atoms with E-state index < -0.39 is 0 Å². The van der Waals surface area contributed by atoms with Crippen LogP contribution in [0.2, 0.25) is 0 Å². The van der Waals surface area contributed by atoms with E-state index in [9.17, 15) is 9.59 Å². The predicted octanol–water partition coefficient (Wildman–Crippen LogP) is 1.51. The number of aromatic amines is 1. The maximum absolute atomic E-state index is 12.5. The highest BCUT2D eigenvalue weighted by Crippen LogP contribution is 2.13. The Kier molecular flexibility index (Phi) is 6.63. The van der Waals surface area contributed by atoms with E-state index in [0.717, 1.165) is 12.0 Å². The first kappa shape index (κ1) is 19.8. The molecule has 0 aliphatic heterocycles. The number of carbonyl (C=O) groups is 1. The Hall–Kier alpha value is -2.54. The predicted molar refractivity (Wildman–Crippen MR) is 102 cm³/mol. The fraction of sp³-hybridized carbons (Fsp3) is 0.474. The van der Waals surface area contributed by atoms with Gasteiger partial charge < -0.3 is 15.6 Å². The van der Waals surface area contributed by atoms with Crippen LogP contribution < -0.4 is 11.3 Å². The molecule has 0 radical (unpaired) electrons. The minimum atomic E-state index is -0.287. The largest absolute Gasteiger partial charge is 0.345 e. The Labute approximate surface area is 153 Å². The average Bonchev–Trinajstić information content (AvgIpc) is 2.62. The summed E-state index contributed by atoms with van der Waals surface area (Å²) >= 11 is 0. The van der Waals surface area contributed by atoms with E-state index in [1.165, 1.54) is 0 Å². The van der Waals surface area contributed by atoms with Gasteiger partial charge in [-0.05, 0) is 31.4 Å². The summed E-state index contributed by atoms with van der Waals surface area (Å²) in [4.78, 5) is 37.7. The van der Waals surface area contributed by atoms with Gasteiger partial charge in [-0.15, -0.1) is 0 Å². The molecule has 7 nitrogen and oxygen atoms in total. The van der Waals surface area contributed by atoms with E-state index in [1.54, 1.807) is 43.4 Å². The number of hydrogen-bond acceptors (Lipinski definition) is 5. The Morgan fingerprint density at radius 3 is 2.54 bits per heavy atom. The van der Waals surface area contributed by atoms with Crippen LogP contribution in [-0.2, 0) is 11.2 Å². The normalized spacial score (nSPS) is 12.2. The second kappa shape index (κ2) is 8.71. The fourth-order valence-corrected chi connectivity index (χ4v) is 2.55. The summed E-state index contributed by atoms with van der Waals surface area (Å²) in [5.41, 5.74) is 7.47. The first-order valence-electron chi connectivity index (χ1n) is 8.79. The van der Waals surface area contributed by atoms with Crippen LogP contribution in [0.5, 0.6) is 0 Å². The van der Waals surface area contributed by atoms with Gasteiger partial charge in [0.05, 0.1) is 6.42 Å². The first-order valence-corrected chi connectivity index (χ1v) is 8.79. The van der Waals surface area contributed by atoms with Gasteiger partial charge in [0.15, 0.2) is 0 Å². The van der Waals surface area contributed by atoms with Crippen molar-refractivity contribution in [3.8, 4) is 11.4 Å². The number of rotatable bonds is 7. The molecule has 2 heterocycles. The standard InChI is InChI=1S/C19H27N5O2/c1-12(2)16(20)7-10-24(4)17(25)11-15-13(3)22-18(23-19(15)26)14-5-8-21-9-6-14/h5-6,8-9,12,16H,7,10-11,20H2,1-4H3,(H,22,23,26). The van der Waals surface area contributed by atoms with Crippen LogP contribution >= 0.6 is 0 Å². The van der Waals surface area contributed by atoms with Crippen LogP contribution in [0.1, 0.15) is 31.5 Å². The molecule has 2 aromatic heterocycles. The molecule has 0 saturated carbocycles. The molecule has 0 aromatic carbocycles. The number of nitrogens with zero attached hydrogens (tertiary/aromatic N) is 3. The lowest BCUT2D eigenvalue weighted by atomic mass is 10.0. The minimum absolute atomic E-state index is 0.0260. The number of carbonyl (C=O) groups excluding carboxylic acids is 1. The van der Waals surface area contributed by atoms with Gasteiger partial charge in [0, 0.05) is 48.8 Å². The van der Waals surface area contributed by atoms with Crippen LogP contribution in [0, 0.1) is 12.8 Å². The Balaban J connectivity index is 2.09. The molecule has 2 rings (SSSR count). The van der Waals surface area contributed by atoms with E-state index in [0.29, 0.717) is 29.5 Å². The molecule has 0 aliphatic rings. The quantitative estimate of drug-likeness (QED) is 0.781. The van der Waals surface area contributed by atoms with E-state index in [-0.39, 0.29) is 23.9 Å². The zero-order valence-corrected chi connectivity index (χ0v) is 15.8. The number of aryl methyl sites for hydroxylation is 1. The minimum Gasteiger partial charge on any atom is -0.345 e. The maximum atomic E-state index is 12.5. The summed E-state index contributed by atoms with van der Waals surface area (Å²) < 4.78 is 0. The van der Waals surface area contributed by atoms with E-state index in [4.69, 9.17) is 5.73 Å². The zero-order chi connectivity index (χ0) is 19.3. The number of H-pyrrole nitrogens is 1. The molecule has 140 valence electrons. The lowest BCUT2D eigenvalue weighted by molar-refractivity contribution is -0.129. The smallest absolute Gasteiger partial charge is 0.255 e. The van der Waals surface area contributed by atoms with Crippen molar-refractivity contribution in [2.75, 3.05) is 13.6 Å². The van der Waals surface area contributed by atoms with Crippen LogP contribution in [0.4, 0.5) is 0 Å². The molecule has 0 fully saturated rings. The van der Waals surface area contributed by atoms with Crippen molar-refractivity contribution in [2.24, 2.45) is 11.7 Å². The summed E-state index contributed by atoms with van der Waals surface area (Å²) in [6.07, 6.45) is 4.03. The van der Waals surface area contributed by atoms with Crippen molar-refractivity contribution >= 4 is 5.91 Å². The number of hydrogen-bond donors (Lipinski definition) is 2. The van der Waals surface area contributed by atoms with Gasteiger partial charge in [-0.3, -0.25) is 14.6 Å². The third kappa shape index (κ3) is 4.98. The lowest BCUT2D eigenvalue weighted by Crippen LogP contribution is -2.36. The Morgan fingerprint density at radius 1 is 1.31 bits per heavy atom. The molecule has 0 saturated heterocycles. The van der Waals surface area contributed by atoms with Crippen LogP contribution in [0.3, 0.4) is 0 Å². The van der Waals surface area contributed by atoms with Crippen LogP contribution in [0.15, 0.2) is 29.3 Å². The van der Waals surface area contributed by atoms with Gasteiger partial charge in [-0.25, -0.2) is 4.98 Å². The van der Waals surface area contributed by atoms with Gasteiger partial charge >= 0.3 is 0 Å². The summed E-state index contributed by atoms with van der Waals surface area (Å²) in [6.45, 7) is 6.44. The summed E-state index contributed by atoms with van der Waals surface area (Å²) in [7, 11) is 1.73. The van der Waals surface area contributed by atoms with Gasteiger partial charge in [0.2, 0.25) is 5.91 Å². The Bertz CT molecular complexity index is 801. The molecule has 0 bridgehead atoms. The highest BCUT2D eigenvalue weighted by Gasteiger charge is 2.17. The monoisotopic (exact) mass is 357 g/mol. The third-order valence-corrected chi connectivity index (χ3v) is 4.58. The van der Waals surface area contributed by atoms with E-state index >= 15 is 0 Å². The molecule has 1 unspecified atom stereocenters. The molecule has 26 heavy (non-hydrogen) atoms. The summed E-state index contributed by atoms with van der Waals surface area (Å²) in [6, 6.07) is 3.60. The number of nitrogens with two attached hydrogens (primary N) is 1. The average molecular weight is 357 g/mol. The van der Waals surface area contributed by atoms with Crippen molar-refractivity contribution in [3.05, 3.63) is 46.1 Å². The van der Waals surface area contributed by atoms with Crippen molar-refractivity contribution in [2.45, 2.75) is 39.7 Å². The second-order valence-electron chi connectivity index (χ2n) is 6.90. The van der Waals surface area contributed by atoms with Crippen molar-refractivity contribution in [1.29, 1.82) is 0 Å². The molecule has 1 amide bonds. The third-order valence-electron chi connectivity index (χ3n) is 4.58. The molecule has 1 atom stereocenters. The van der Waals surface area contributed by atoms with Gasteiger partial charge in [0.1, 0.15) is 5.82 Å². The van der Waals surface area contributed by atoms with Crippen LogP contribution in [0.25, 0.3) is 11.4 Å². The molecule has 2 aromatic rings. The molecular weight excluding hydrogens is 330 g/mol. The first-order chi connectivity index (χ1) is 12.3. The molecule has 0 spiro atoms. The van der Waals surface area contributed by atoms with E-state index in [1.807, 2.05) is 0 Å². The molecule has 7 heteroatoms. The molecule has 0 aliphatic carbocycles. The van der Waals surface area contributed by atoms with Gasteiger partial charge in [-0.2, -0.15) is 0 Å². The topological polar surface area (TPSA) is 105 Å². The van der Waals surface area contributed by atoms with Crippen molar-refractivity contribution in [3.63, 3.8) is 0 Å². The summed E-state index contributed by atoms with van der Waals surface area (Å²) in [5, 5.41) is 0. The highest BCUT2D eigenvalue weighted by atomic mass is 16.2. The SMILES string of the molecule is Cc1nc(-c2ccncc2)[nH]c(=O)c1CC(=O)N(C)CCC(N)C(C)C. The van der Waals surface area contributed by atoms with E-state index in [2.05, 4.69) is 28.8 Å². The maximum Gasteiger partial charge on any atom is 0.255 e. The summed E-state index contributed by atoms with van der Waals surface area (Å²) in [5.74, 6) is 0.726. The highest BCUT2D eigenvalue weighted by molar-refractivity contribution is 5.78. The van der Waals surface area contributed by atoms with Gasteiger partial charge in [0.25, 0.3) is 5.56 Å². The molecule has 3 N–H and O–H groups in total. The number of pyridine rings is 1. The molecular formula is C19H27N5O2. The number of nitrogens with one attached hydrogen (secondary N) is 1. The zero-order valence-electron chi connectivity index (χ0n) is 15.8. The fourth-order valence-electron chi connectivity index (χ4n) is 2.55. The van der Waals surface area contributed by atoms with Gasteiger partial charge in [-0.1, -0.05) is 13.8 Å². The lowest BCUT2D eigenvalue weighted by Gasteiger charge is -2.21. The van der Waals surface area contributed by atoms with Crippen LogP contribution in [-0.4, -0.2) is 45.4 Å². The van der Waals surface area contributed by atoms with Crippen molar-refractivity contribution < 1.29 is 4.79 Å². The number of likely N-dealkylation sites (N-methyl/N-ethyl adjacent to an activating group) is 1. The Morgan fingerprint density at radius 2 is 1.96 bits per heavy atom. The second-order valence-corrected chi connectivity index (χ2v) is 6.90. The number of amides is 1. The number of aromatic nitrogens is 3. The van der Waals surface area contributed by atoms with Crippen molar-refractivity contribution in [1.82, 2.24) is 19.9 Å².